The van der Waals surface area contributed by atoms with Crippen molar-refractivity contribution in [1.82, 2.24) is 0 Å². The predicted molar refractivity (Wildman–Crippen MR) is 73.1 cm³/mol. The van der Waals surface area contributed by atoms with Crippen molar-refractivity contribution in [3.05, 3.63) is 20.3 Å². The Kier molecular flexibility index (Phi) is 3.97. The fraction of sp³-hybridized carbons (Fsp3) is 0.636. The van der Waals surface area contributed by atoms with Gasteiger partial charge in [-0.25, -0.2) is 8.42 Å². The first kappa shape index (κ1) is 13.5. The van der Waals surface area contributed by atoms with Gasteiger partial charge in [0.1, 0.15) is 6.10 Å². The molecule has 1 saturated heterocycles. The van der Waals surface area contributed by atoms with Gasteiger partial charge < -0.3 is 5.11 Å². The van der Waals surface area contributed by atoms with Crippen LogP contribution in [-0.4, -0.2) is 24.5 Å². The molecule has 0 saturated carbocycles. The van der Waals surface area contributed by atoms with Crippen molar-refractivity contribution in [3.63, 3.8) is 0 Å². The second-order valence-corrected chi connectivity index (χ2v) is 9.19. The van der Waals surface area contributed by atoms with Crippen LogP contribution in [0.15, 0.2) is 9.85 Å². The summed E-state index contributed by atoms with van der Waals surface area (Å²) in [6.07, 6.45) is 1.29. The first-order valence-corrected chi connectivity index (χ1v) is 8.90. The number of halogens is 1. The average Bonchev–Trinajstić information content (AvgIpc) is 2.58. The Morgan fingerprint density at radius 1 is 1.53 bits per heavy atom. The second kappa shape index (κ2) is 4.99. The van der Waals surface area contributed by atoms with Gasteiger partial charge in [-0.2, -0.15) is 0 Å². The normalized spacial score (nSPS) is 25.7. The van der Waals surface area contributed by atoms with E-state index < -0.39 is 21.2 Å². The molecule has 0 radical (unpaired) electrons. The highest BCUT2D eigenvalue weighted by molar-refractivity contribution is 9.11. The summed E-state index contributed by atoms with van der Waals surface area (Å²) in [4.78, 5) is 0.741. The number of thiophene rings is 1. The Balaban J connectivity index is 2.27. The minimum absolute atomic E-state index is 0.209. The molecule has 1 aliphatic heterocycles. The Bertz CT molecular complexity index is 487. The van der Waals surface area contributed by atoms with Gasteiger partial charge in [-0.3, -0.25) is 0 Å². The monoisotopic (exact) mass is 338 g/mol. The maximum Gasteiger partial charge on any atom is 0.156 e. The molecule has 17 heavy (non-hydrogen) atoms. The summed E-state index contributed by atoms with van der Waals surface area (Å²) in [5.41, 5.74) is 1.04. The van der Waals surface area contributed by atoms with Crippen LogP contribution in [0, 0.1) is 6.92 Å². The molecule has 0 amide bonds. The van der Waals surface area contributed by atoms with E-state index in [-0.39, 0.29) is 5.75 Å². The number of aryl methyl sites for hydroxylation is 1. The Morgan fingerprint density at radius 2 is 2.24 bits per heavy atom. The number of aliphatic hydroxyl groups excluding tert-OH is 1. The van der Waals surface area contributed by atoms with Gasteiger partial charge in [0.15, 0.2) is 9.84 Å². The van der Waals surface area contributed by atoms with Crippen LogP contribution < -0.4 is 0 Å². The molecule has 3 nitrogen and oxygen atoms in total. The summed E-state index contributed by atoms with van der Waals surface area (Å²) in [6, 6.07) is 1.86. The molecule has 96 valence electrons. The van der Waals surface area contributed by atoms with Gasteiger partial charge in [-0.05, 0) is 47.3 Å². The van der Waals surface area contributed by atoms with Crippen LogP contribution in [0.3, 0.4) is 0 Å². The molecule has 0 aromatic carbocycles. The predicted octanol–water partition coefficient (Wildman–Crippen LogP) is 2.82. The summed E-state index contributed by atoms with van der Waals surface area (Å²) < 4.78 is 24.8. The lowest BCUT2D eigenvalue weighted by Crippen LogP contribution is -2.33. The molecule has 2 unspecified atom stereocenters. The largest absolute Gasteiger partial charge is 0.386 e. The number of aliphatic hydroxyl groups is 1. The van der Waals surface area contributed by atoms with Crippen molar-refractivity contribution < 1.29 is 13.5 Å². The van der Waals surface area contributed by atoms with Crippen LogP contribution in [0.5, 0.6) is 0 Å². The van der Waals surface area contributed by atoms with Gasteiger partial charge in [-0.15, -0.1) is 11.3 Å². The number of rotatable bonds is 2. The fourth-order valence-corrected chi connectivity index (χ4v) is 5.83. The lowest BCUT2D eigenvalue weighted by atomic mass is 10.1. The van der Waals surface area contributed by atoms with Crippen molar-refractivity contribution in [3.8, 4) is 0 Å². The molecule has 1 aromatic heterocycles. The van der Waals surface area contributed by atoms with E-state index in [1.165, 1.54) is 11.3 Å². The molecule has 1 aliphatic rings. The Hall–Kier alpha value is 0.0900. The van der Waals surface area contributed by atoms with E-state index >= 15 is 0 Å². The first-order chi connectivity index (χ1) is 7.92. The average molecular weight is 339 g/mol. The van der Waals surface area contributed by atoms with E-state index in [4.69, 9.17) is 0 Å². The molecule has 1 fully saturated rings. The third-order valence-corrected chi connectivity index (χ3v) is 7.63. The lowest BCUT2D eigenvalue weighted by Gasteiger charge is -2.25. The zero-order valence-electron chi connectivity index (χ0n) is 9.52. The van der Waals surface area contributed by atoms with Gasteiger partial charge in [0.2, 0.25) is 0 Å². The molecule has 0 aliphatic carbocycles. The molecule has 1 N–H and O–H groups in total. The molecule has 2 rings (SSSR count). The van der Waals surface area contributed by atoms with Crippen LogP contribution in [0.2, 0.25) is 0 Å². The molecule has 2 atom stereocenters. The van der Waals surface area contributed by atoms with Gasteiger partial charge in [0, 0.05) is 4.88 Å². The summed E-state index contributed by atoms with van der Waals surface area (Å²) in [5.74, 6) is 0.209. The summed E-state index contributed by atoms with van der Waals surface area (Å²) >= 11 is 4.81. The van der Waals surface area contributed by atoms with Gasteiger partial charge in [0.05, 0.1) is 14.8 Å². The topological polar surface area (TPSA) is 54.4 Å². The highest BCUT2D eigenvalue weighted by Crippen LogP contribution is 2.37. The SMILES string of the molecule is Cc1cc(C(O)C2CCCCS2(=O)=O)sc1Br. The van der Waals surface area contributed by atoms with E-state index in [0.717, 1.165) is 27.1 Å². The summed E-state index contributed by atoms with van der Waals surface area (Å²) in [5, 5.41) is 9.61. The van der Waals surface area contributed by atoms with Crippen molar-refractivity contribution >= 4 is 37.1 Å². The highest BCUT2D eigenvalue weighted by Gasteiger charge is 2.36. The fourth-order valence-electron chi connectivity index (χ4n) is 2.15. The molecule has 6 heteroatoms. The molecule has 0 bridgehead atoms. The Morgan fingerprint density at radius 3 is 2.76 bits per heavy atom. The maximum atomic E-state index is 11.9. The van der Waals surface area contributed by atoms with Gasteiger partial charge in [-0.1, -0.05) is 6.42 Å². The van der Waals surface area contributed by atoms with E-state index in [1.54, 1.807) is 0 Å². The number of hydrogen-bond acceptors (Lipinski definition) is 4. The highest BCUT2D eigenvalue weighted by atomic mass is 79.9. The minimum Gasteiger partial charge on any atom is -0.386 e. The molecule has 0 spiro atoms. The standard InChI is InChI=1S/C11H15BrO3S2/c1-7-6-8(16-11(7)12)10(13)9-4-2-3-5-17(9,14)15/h6,9-10,13H,2-5H2,1H3. The molecule has 2 heterocycles. The van der Waals surface area contributed by atoms with Gasteiger partial charge in [0.25, 0.3) is 0 Å². The van der Waals surface area contributed by atoms with Crippen LogP contribution in [0.4, 0.5) is 0 Å². The van der Waals surface area contributed by atoms with Crippen molar-refractivity contribution in [1.29, 1.82) is 0 Å². The van der Waals surface area contributed by atoms with E-state index in [0.29, 0.717) is 6.42 Å². The van der Waals surface area contributed by atoms with Crippen LogP contribution in [-0.2, 0) is 9.84 Å². The molecular formula is C11H15BrO3S2. The van der Waals surface area contributed by atoms with E-state index in [1.807, 2.05) is 13.0 Å². The third-order valence-electron chi connectivity index (χ3n) is 3.15. The maximum absolute atomic E-state index is 11.9. The lowest BCUT2D eigenvalue weighted by molar-refractivity contribution is 0.168. The summed E-state index contributed by atoms with van der Waals surface area (Å²) in [6.45, 7) is 1.94. The number of sulfone groups is 1. The van der Waals surface area contributed by atoms with E-state index in [2.05, 4.69) is 15.9 Å². The zero-order chi connectivity index (χ0) is 12.6. The third kappa shape index (κ3) is 2.75. The number of hydrogen-bond donors (Lipinski definition) is 1. The summed E-state index contributed by atoms with van der Waals surface area (Å²) in [7, 11) is -3.13. The smallest absolute Gasteiger partial charge is 0.156 e. The minimum atomic E-state index is -3.13. The van der Waals surface area contributed by atoms with Gasteiger partial charge >= 0.3 is 0 Å². The van der Waals surface area contributed by atoms with Crippen molar-refractivity contribution in [2.75, 3.05) is 5.75 Å². The van der Waals surface area contributed by atoms with Crippen LogP contribution in [0.25, 0.3) is 0 Å². The van der Waals surface area contributed by atoms with Crippen molar-refractivity contribution in [2.24, 2.45) is 0 Å². The van der Waals surface area contributed by atoms with Crippen LogP contribution >= 0.6 is 27.3 Å². The first-order valence-electron chi connectivity index (χ1n) is 5.57. The Labute approximate surface area is 114 Å². The van der Waals surface area contributed by atoms with Crippen molar-refractivity contribution in [2.45, 2.75) is 37.5 Å². The van der Waals surface area contributed by atoms with E-state index in [9.17, 15) is 13.5 Å². The zero-order valence-corrected chi connectivity index (χ0v) is 12.7. The molecular weight excluding hydrogens is 324 g/mol. The quantitative estimate of drug-likeness (QED) is 0.901. The van der Waals surface area contributed by atoms with Crippen LogP contribution in [0.1, 0.15) is 35.8 Å². The second-order valence-electron chi connectivity index (χ2n) is 4.45. The molecule has 1 aromatic rings.